The van der Waals surface area contributed by atoms with Gasteiger partial charge in [0.2, 0.25) is 5.43 Å². The quantitative estimate of drug-likeness (QED) is 0.547. The molecule has 0 saturated heterocycles. The molecule has 2 rings (SSSR count). The summed E-state index contributed by atoms with van der Waals surface area (Å²) in [4.78, 5) is 18.4. The largest absolute Gasteiger partial charge is 0.459 e. The fraction of sp³-hybridized carbons (Fsp3) is 0. The first kappa shape index (κ1) is 6.03. The van der Waals surface area contributed by atoms with E-state index in [0.29, 0.717) is 11.6 Å². The molecular weight excluding hydrogens is 144 g/mol. The molecule has 0 spiro atoms. The van der Waals surface area contributed by atoms with Crippen LogP contribution in [0.2, 0.25) is 0 Å². The van der Waals surface area contributed by atoms with Crippen molar-refractivity contribution in [1.82, 2.24) is 9.97 Å². The first-order valence-electron chi connectivity index (χ1n) is 3.06. The van der Waals surface area contributed by atoms with Crippen LogP contribution in [0.25, 0.3) is 11.6 Å². The summed E-state index contributed by atoms with van der Waals surface area (Å²) in [7, 11) is 0. The van der Waals surface area contributed by atoms with Crippen molar-refractivity contribution >= 4 is 0 Å². The summed E-state index contributed by atoms with van der Waals surface area (Å²) in [5.74, 6) is 0.868. The lowest BCUT2D eigenvalue weighted by atomic mass is 10.3. The summed E-state index contributed by atoms with van der Waals surface area (Å²) >= 11 is 0. The Bertz CT molecular complexity index is 396. The van der Waals surface area contributed by atoms with Crippen molar-refractivity contribution in [2.45, 2.75) is 0 Å². The lowest BCUT2D eigenvalue weighted by Crippen LogP contribution is -2.01. The smallest absolute Gasteiger partial charge is 0.200 e. The zero-order valence-electron chi connectivity index (χ0n) is 5.52. The molecule has 0 unspecified atom stereocenters. The van der Waals surface area contributed by atoms with E-state index in [1.54, 1.807) is 0 Å². The lowest BCUT2D eigenvalue weighted by molar-refractivity contribution is 0.552. The molecule has 0 N–H and O–H groups in total. The molecule has 54 valence electrons. The number of hydrogen-bond acceptors (Lipinski definition) is 4. The molecule has 0 amide bonds. The van der Waals surface area contributed by atoms with Crippen LogP contribution in [-0.2, 0) is 0 Å². The van der Waals surface area contributed by atoms with E-state index >= 15 is 0 Å². The summed E-state index contributed by atoms with van der Waals surface area (Å²) in [6, 6.07) is 1.36. The van der Waals surface area contributed by atoms with E-state index < -0.39 is 0 Å². The Labute approximate surface area is 61.9 Å². The summed E-state index contributed by atoms with van der Waals surface area (Å²) in [5, 5.41) is 0. The van der Waals surface area contributed by atoms with Gasteiger partial charge in [0.05, 0.1) is 12.4 Å². The Balaban J connectivity index is 2.84. The number of rotatable bonds is 0. The van der Waals surface area contributed by atoms with E-state index in [2.05, 4.69) is 9.97 Å². The summed E-state index contributed by atoms with van der Waals surface area (Å²) in [6.45, 7) is 0. The van der Waals surface area contributed by atoms with E-state index in [4.69, 9.17) is 4.42 Å². The Morgan fingerprint density at radius 2 is 2.27 bits per heavy atom. The number of nitrogens with zero attached hydrogens (tertiary/aromatic N) is 2. The van der Waals surface area contributed by atoms with Crippen molar-refractivity contribution in [2.24, 2.45) is 0 Å². The Morgan fingerprint density at radius 3 is 3.18 bits per heavy atom. The molecule has 0 bridgehead atoms. The van der Waals surface area contributed by atoms with Gasteiger partial charge >= 0.3 is 0 Å². The molecule has 2 aliphatic heterocycles. The predicted octanol–water partition coefficient (Wildman–Crippen LogP) is 0.535. The van der Waals surface area contributed by atoms with Crippen LogP contribution < -0.4 is 5.43 Å². The highest BCUT2D eigenvalue weighted by Gasteiger charge is 2.04. The molecule has 2 heterocycles. The van der Waals surface area contributed by atoms with Gasteiger partial charge in [0.1, 0.15) is 6.26 Å². The minimum Gasteiger partial charge on any atom is -0.459 e. The molecule has 2 aliphatic rings. The second-order valence-electron chi connectivity index (χ2n) is 2.02. The minimum absolute atomic E-state index is 0.172. The Morgan fingerprint density at radius 1 is 1.36 bits per heavy atom. The molecule has 0 radical (unpaired) electrons. The average molecular weight is 148 g/mol. The second-order valence-corrected chi connectivity index (χ2v) is 2.02. The number of pyridine rings is 1. The fourth-order valence-corrected chi connectivity index (χ4v) is 0.808. The second kappa shape index (κ2) is 2.16. The van der Waals surface area contributed by atoms with Crippen molar-refractivity contribution in [3.8, 4) is 11.6 Å². The fourth-order valence-electron chi connectivity index (χ4n) is 0.808. The maximum atomic E-state index is 10.7. The van der Waals surface area contributed by atoms with Gasteiger partial charge in [0, 0.05) is 6.07 Å². The number of fused-ring (bicyclic) bond motifs is 1. The summed E-state index contributed by atoms with van der Waals surface area (Å²) in [6.07, 6.45) is 4.11. The van der Waals surface area contributed by atoms with E-state index in [0.717, 1.165) is 0 Å². The van der Waals surface area contributed by atoms with Gasteiger partial charge in [0.25, 0.3) is 0 Å². The maximum Gasteiger partial charge on any atom is 0.200 e. The Hall–Kier alpha value is -1.71. The highest BCUT2D eigenvalue weighted by atomic mass is 16.3. The van der Waals surface area contributed by atoms with Crippen LogP contribution in [0, 0.1) is 0 Å². The zero-order chi connectivity index (χ0) is 7.68. The van der Waals surface area contributed by atoms with Crippen LogP contribution in [-0.4, -0.2) is 9.97 Å². The van der Waals surface area contributed by atoms with Crippen LogP contribution >= 0.6 is 0 Å². The van der Waals surface area contributed by atoms with Gasteiger partial charge < -0.3 is 4.42 Å². The maximum absolute atomic E-state index is 10.7. The van der Waals surface area contributed by atoms with Gasteiger partial charge in [0.15, 0.2) is 11.6 Å². The molecule has 0 aromatic rings. The third-order valence-electron chi connectivity index (χ3n) is 1.26. The van der Waals surface area contributed by atoms with Gasteiger partial charge in [-0.05, 0) is 0 Å². The average Bonchev–Trinajstić information content (AvgIpc) is 2.04. The van der Waals surface area contributed by atoms with Crippen LogP contribution in [0.4, 0.5) is 0 Å². The molecule has 0 fully saturated rings. The van der Waals surface area contributed by atoms with E-state index in [1.165, 1.54) is 24.7 Å². The van der Waals surface area contributed by atoms with Gasteiger partial charge in [-0.25, -0.2) is 9.97 Å². The number of aromatic nitrogens is 2. The van der Waals surface area contributed by atoms with Gasteiger partial charge in [-0.2, -0.15) is 0 Å². The lowest BCUT2D eigenvalue weighted by Gasteiger charge is -1.96. The normalized spacial score (nSPS) is 10.2. The molecule has 0 aromatic carbocycles. The van der Waals surface area contributed by atoms with Crippen LogP contribution in [0.5, 0.6) is 0 Å². The van der Waals surface area contributed by atoms with Gasteiger partial charge in [-0.15, -0.1) is 0 Å². The first-order valence-corrected chi connectivity index (χ1v) is 3.06. The van der Waals surface area contributed by atoms with Crippen molar-refractivity contribution < 1.29 is 4.42 Å². The first-order chi connectivity index (χ1) is 5.36. The van der Waals surface area contributed by atoms with E-state index in [1.807, 2.05) is 0 Å². The predicted molar refractivity (Wildman–Crippen MR) is 37.2 cm³/mol. The third kappa shape index (κ3) is 0.980. The van der Waals surface area contributed by atoms with Crippen LogP contribution in [0.1, 0.15) is 0 Å². The van der Waals surface area contributed by atoms with Crippen molar-refractivity contribution in [3.05, 3.63) is 34.9 Å². The highest BCUT2D eigenvalue weighted by Crippen LogP contribution is 2.10. The molecule has 11 heavy (non-hydrogen) atoms. The van der Waals surface area contributed by atoms with Gasteiger partial charge in [-0.1, -0.05) is 0 Å². The van der Waals surface area contributed by atoms with Crippen LogP contribution in [0.3, 0.4) is 0 Å². The van der Waals surface area contributed by atoms with E-state index in [-0.39, 0.29) is 5.43 Å². The summed E-state index contributed by atoms with van der Waals surface area (Å²) in [5.41, 5.74) is -0.172. The van der Waals surface area contributed by atoms with Gasteiger partial charge in [-0.3, -0.25) is 4.79 Å². The molecule has 4 heteroatoms. The highest BCUT2D eigenvalue weighted by molar-refractivity contribution is 5.45. The van der Waals surface area contributed by atoms with Crippen molar-refractivity contribution in [1.29, 1.82) is 0 Å². The monoisotopic (exact) mass is 148 g/mol. The molecular formula is C7H4N2O2. The van der Waals surface area contributed by atoms with E-state index in [9.17, 15) is 4.79 Å². The van der Waals surface area contributed by atoms with Crippen LogP contribution in [0.15, 0.2) is 33.9 Å². The molecule has 4 nitrogen and oxygen atoms in total. The molecule has 0 aliphatic carbocycles. The standard InChI is InChI=1S/C7H4N2O2/c10-5-3-6-7(9-4-5)8-1-2-11-6/h1-4H. The third-order valence-corrected chi connectivity index (χ3v) is 1.26. The molecule has 0 saturated carbocycles. The SMILES string of the molecule is O=c1cnc2nccoc-2c1. The van der Waals surface area contributed by atoms with Crippen molar-refractivity contribution in [3.63, 3.8) is 0 Å². The summed E-state index contributed by atoms with van der Waals surface area (Å²) < 4.78 is 4.97. The zero-order valence-corrected chi connectivity index (χ0v) is 5.52. The topological polar surface area (TPSA) is 56.0 Å². The Kier molecular flexibility index (Phi) is 1.18. The minimum atomic E-state index is -0.172. The number of hydrogen-bond donors (Lipinski definition) is 0. The molecule has 0 atom stereocenters. The molecule has 0 aromatic heterocycles. The van der Waals surface area contributed by atoms with Crippen molar-refractivity contribution in [2.75, 3.05) is 0 Å².